The third-order valence-electron chi connectivity index (χ3n) is 4.91. The number of thioether (sulfide) groups is 1. The maximum atomic E-state index is 12.6. The van der Waals surface area contributed by atoms with Crippen LogP contribution in [0.2, 0.25) is 10.0 Å². The predicted molar refractivity (Wildman–Crippen MR) is 120 cm³/mol. The molecule has 152 valence electrons. The molecule has 29 heavy (non-hydrogen) atoms. The maximum absolute atomic E-state index is 12.6. The summed E-state index contributed by atoms with van der Waals surface area (Å²) in [6.45, 7) is 1.97. The normalized spacial score (nSPS) is 24.1. The monoisotopic (exact) mass is 468 g/mol. The predicted octanol–water partition coefficient (Wildman–Crippen LogP) is 4.15. The van der Waals surface area contributed by atoms with Gasteiger partial charge in [-0.3, -0.25) is 4.79 Å². The molecule has 2 saturated heterocycles. The van der Waals surface area contributed by atoms with E-state index in [1.807, 2.05) is 36.1 Å². The third-order valence-corrected chi connectivity index (χ3v) is 8.85. The lowest BCUT2D eigenvalue weighted by molar-refractivity contribution is -0.117. The maximum Gasteiger partial charge on any atom is 0.252 e. The van der Waals surface area contributed by atoms with Crippen molar-refractivity contribution in [3.63, 3.8) is 0 Å². The number of hydrogen-bond acceptors (Lipinski definition) is 4. The first kappa shape index (κ1) is 20.7. The molecule has 5 nitrogen and oxygen atoms in total. The number of amides is 1. The number of fused-ring (bicyclic) bond motifs is 1. The molecule has 1 amide bonds. The van der Waals surface area contributed by atoms with Gasteiger partial charge in [0.05, 0.1) is 34.0 Å². The molecule has 2 aromatic carbocycles. The van der Waals surface area contributed by atoms with Crippen molar-refractivity contribution >= 4 is 61.6 Å². The fourth-order valence-corrected chi connectivity index (χ4v) is 7.87. The molecule has 2 heterocycles. The molecule has 0 unspecified atom stereocenters. The van der Waals surface area contributed by atoms with Crippen molar-refractivity contribution in [3.8, 4) is 0 Å². The molecule has 0 N–H and O–H groups in total. The Labute approximate surface area is 184 Å². The molecule has 2 aliphatic rings. The van der Waals surface area contributed by atoms with E-state index < -0.39 is 9.84 Å². The Kier molecular flexibility index (Phi) is 5.68. The number of halogens is 2. The fraction of sp³-hybridized carbons (Fsp3) is 0.300. The van der Waals surface area contributed by atoms with Gasteiger partial charge >= 0.3 is 0 Å². The molecule has 0 aliphatic carbocycles. The Balaban J connectivity index is 1.66. The molecule has 0 spiro atoms. The highest BCUT2D eigenvalue weighted by Gasteiger charge is 2.49. The Hall–Kier alpha value is -1.54. The molecule has 2 fully saturated rings. The topological polar surface area (TPSA) is 66.8 Å². The number of rotatable bonds is 3. The second-order valence-corrected chi connectivity index (χ2v) is 11.4. The molecular weight excluding hydrogens is 451 g/mol. The first-order valence-corrected chi connectivity index (χ1v) is 12.5. The average Bonchev–Trinajstić information content (AvgIpc) is 3.08. The minimum atomic E-state index is -3.13. The second-order valence-electron chi connectivity index (χ2n) is 7.22. The van der Waals surface area contributed by atoms with Crippen LogP contribution in [0.4, 0.5) is 5.69 Å². The van der Waals surface area contributed by atoms with Gasteiger partial charge in [0.1, 0.15) is 0 Å². The smallest absolute Gasteiger partial charge is 0.252 e. The summed E-state index contributed by atoms with van der Waals surface area (Å²) < 4.78 is 24.3. The zero-order valence-corrected chi connectivity index (χ0v) is 18.7. The average molecular weight is 469 g/mol. The van der Waals surface area contributed by atoms with Gasteiger partial charge in [0.25, 0.3) is 5.91 Å². The summed E-state index contributed by atoms with van der Waals surface area (Å²) >= 11 is 13.5. The Morgan fingerprint density at radius 2 is 1.97 bits per heavy atom. The van der Waals surface area contributed by atoms with Crippen LogP contribution in [0.25, 0.3) is 0 Å². The zero-order chi connectivity index (χ0) is 20.8. The van der Waals surface area contributed by atoms with Crippen LogP contribution in [0.1, 0.15) is 11.1 Å². The summed E-state index contributed by atoms with van der Waals surface area (Å²) in [5.74, 6) is -0.174. The van der Waals surface area contributed by atoms with Crippen LogP contribution in [-0.4, -0.2) is 42.3 Å². The van der Waals surface area contributed by atoms with Crippen molar-refractivity contribution in [3.05, 3.63) is 63.6 Å². The van der Waals surface area contributed by atoms with Crippen LogP contribution < -0.4 is 4.90 Å². The van der Waals surface area contributed by atoms with E-state index in [0.717, 1.165) is 11.1 Å². The number of hydrogen-bond donors (Lipinski definition) is 0. The highest BCUT2D eigenvalue weighted by Crippen LogP contribution is 2.42. The molecule has 0 bridgehead atoms. The van der Waals surface area contributed by atoms with E-state index in [0.29, 0.717) is 20.9 Å². The number of anilines is 1. The highest BCUT2D eigenvalue weighted by atomic mass is 35.5. The van der Waals surface area contributed by atoms with Crippen LogP contribution in [0, 0.1) is 6.92 Å². The third kappa shape index (κ3) is 4.48. The number of carbonyl (C=O) groups is 1. The SMILES string of the molecule is Cc1cccc(CC(=O)N=C2S[C@@H]3CS(=O)(=O)C[C@H]3N2c2ccc(Cl)c(Cl)c2)c1. The summed E-state index contributed by atoms with van der Waals surface area (Å²) in [6.07, 6.45) is 0.189. The number of benzene rings is 2. The molecule has 9 heteroatoms. The van der Waals surface area contributed by atoms with Crippen molar-refractivity contribution in [1.82, 2.24) is 0 Å². The zero-order valence-electron chi connectivity index (χ0n) is 15.5. The standard InChI is InChI=1S/C20H18Cl2N2O3S2/c1-12-3-2-4-13(7-12)8-19(25)23-20-24(14-5-6-15(21)16(22)9-14)17-10-29(26,27)11-18(17)28-20/h2-7,9,17-18H,8,10-11H2,1H3/t17-,18-/m1/s1. The number of aliphatic imine (C=N–C) groups is 1. The van der Waals surface area contributed by atoms with E-state index in [1.165, 1.54) is 11.8 Å². The summed E-state index contributed by atoms with van der Waals surface area (Å²) in [6, 6.07) is 12.6. The minimum absolute atomic E-state index is 0.0238. The highest BCUT2D eigenvalue weighted by molar-refractivity contribution is 8.16. The van der Waals surface area contributed by atoms with Crippen molar-refractivity contribution in [2.45, 2.75) is 24.6 Å². The molecule has 0 aromatic heterocycles. The van der Waals surface area contributed by atoms with Gasteiger partial charge in [-0.1, -0.05) is 64.8 Å². The molecule has 2 aliphatic heterocycles. The van der Waals surface area contributed by atoms with Crippen LogP contribution in [0.15, 0.2) is 47.5 Å². The van der Waals surface area contributed by atoms with Gasteiger partial charge in [-0.15, -0.1) is 0 Å². The number of aryl methyl sites for hydroxylation is 1. The Bertz CT molecular complexity index is 1120. The van der Waals surface area contributed by atoms with E-state index >= 15 is 0 Å². The molecule has 4 rings (SSSR count). The lowest BCUT2D eigenvalue weighted by atomic mass is 10.1. The van der Waals surface area contributed by atoms with Crippen LogP contribution in [0.5, 0.6) is 0 Å². The Morgan fingerprint density at radius 1 is 1.17 bits per heavy atom. The molecule has 2 aromatic rings. The molecular formula is C20H18Cl2N2O3S2. The number of carbonyl (C=O) groups excluding carboxylic acids is 1. The fourth-order valence-electron chi connectivity index (χ4n) is 3.64. The first-order valence-electron chi connectivity index (χ1n) is 9.00. The lowest BCUT2D eigenvalue weighted by Crippen LogP contribution is -2.37. The molecule has 0 saturated carbocycles. The van der Waals surface area contributed by atoms with Crippen molar-refractivity contribution < 1.29 is 13.2 Å². The van der Waals surface area contributed by atoms with E-state index in [-0.39, 0.29) is 35.1 Å². The summed E-state index contributed by atoms with van der Waals surface area (Å²) in [4.78, 5) is 18.8. The van der Waals surface area contributed by atoms with E-state index in [2.05, 4.69) is 4.99 Å². The molecule has 2 atom stereocenters. The van der Waals surface area contributed by atoms with E-state index in [4.69, 9.17) is 23.2 Å². The van der Waals surface area contributed by atoms with Crippen LogP contribution in [0.3, 0.4) is 0 Å². The van der Waals surface area contributed by atoms with Gasteiger partial charge in [-0.25, -0.2) is 8.42 Å². The quantitative estimate of drug-likeness (QED) is 0.676. The van der Waals surface area contributed by atoms with Crippen molar-refractivity contribution in [1.29, 1.82) is 0 Å². The largest absolute Gasteiger partial charge is 0.316 e. The van der Waals surface area contributed by atoms with Crippen molar-refractivity contribution in [2.75, 3.05) is 16.4 Å². The second kappa shape index (κ2) is 7.95. The van der Waals surface area contributed by atoms with Crippen molar-refractivity contribution in [2.24, 2.45) is 4.99 Å². The van der Waals surface area contributed by atoms with Gasteiger partial charge in [0.15, 0.2) is 15.0 Å². The lowest BCUT2D eigenvalue weighted by Gasteiger charge is -2.24. The first-order chi connectivity index (χ1) is 13.7. The number of sulfone groups is 1. The minimum Gasteiger partial charge on any atom is -0.316 e. The van der Waals surface area contributed by atoms with Gasteiger partial charge in [-0.2, -0.15) is 4.99 Å². The number of nitrogens with zero attached hydrogens (tertiary/aromatic N) is 2. The Morgan fingerprint density at radius 3 is 2.69 bits per heavy atom. The summed E-state index contributed by atoms with van der Waals surface area (Å²) in [5.41, 5.74) is 2.65. The summed E-state index contributed by atoms with van der Waals surface area (Å²) in [5, 5.41) is 1.11. The van der Waals surface area contributed by atoms with Gasteiger partial charge in [0, 0.05) is 10.9 Å². The van der Waals surface area contributed by atoms with Crippen LogP contribution >= 0.6 is 35.0 Å². The van der Waals surface area contributed by atoms with E-state index in [1.54, 1.807) is 18.2 Å². The van der Waals surface area contributed by atoms with Crippen LogP contribution in [-0.2, 0) is 21.1 Å². The summed E-state index contributed by atoms with van der Waals surface area (Å²) in [7, 11) is -3.13. The van der Waals surface area contributed by atoms with Gasteiger partial charge in [-0.05, 0) is 30.7 Å². The van der Waals surface area contributed by atoms with E-state index in [9.17, 15) is 13.2 Å². The number of amidine groups is 1. The van der Waals surface area contributed by atoms with Gasteiger partial charge in [0.2, 0.25) is 0 Å². The molecule has 0 radical (unpaired) electrons. The van der Waals surface area contributed by atoms with Gasteiger partial charge < -0.3 is 4.90 Å².